The lowest BCUT2D eigenvalue weighted by Gasteiger charge is -2.61. The molecule has 45 valence electrons. The van der Waals surface area contributed by atoms with Gasteiger partial charge in [-0.2, -0.15) is 0 Å². The van der Waals surface area contributed by atoms with Crippen LogP contribution in [0.5, 0.6) is 0 Å². The molecule has 0 N–H and O–H groups in total. The monoisotopic (exact) mass is 111 g/mol. The molecule has 0 spiro atoms. The Balaban J connectivity index is 1.87. The highest BCUT2D eigenvalue weighted by molar-refractivity contribution is 5.26. The first kappa shape index (κ1) is 4.80. The van der Waals surface area contributed by atoms with Crippen LogP contribution in [-0.2, 0) is 4.74 Å². The van der Waals surface area contributed by atoms with Crippen LogP contribution in [0.25, 0.3) is 0 Å². The number of methoxy groups -OCH3 is 1. The van der Waals surface area contributed by atoms with Gasteiger partial charge in [-0.05, 0) is 30.6 Å². The quantitative estimate of drug-likeness (QED) is 0.523. The average molecular weight is 111 g/mol. The van der Waals surface area contributed by atoms with Crippen LogP contribution in [0.2, 0.25) is 0 Å². The van der Waals surface area contributed by atoms with Crippen molar-refractivity contribution in [2.24, 2.45) is 5.41 Å². The summed E-state index contributed by atoms with van der Waals surface area (Å²) < 4.78 is 5.07. The van der Waals surface area contributed by atoms with E-state index in [-0.39, 0.29) is 0 Å². The third kappa shape index (κ3) is 0.408. The molecule has 0 atom stereocenters. The Hall–Kier alpha value is -0.0400. The van der Waals surface area contributed by atoms with Crippen LogP contribution in [0.3, 0.4) is 0 Å². The predicted octanol–water partition coefficient (Wildman–Crippen LogP) is 1.39. The van der Waals surface area contributed by atoms with Gasteiger partial charge in [-0.3, -0.25) is 0 Å². The fraction of sp³-hybridized carbons (Fsp3) is 0.857. The minimum Gasteiger partial charge on any atom is -0.384 e. The third-order valence-corrected chi connectivity index (χ3v) is 2.33. The molecule has 0 aromatic rings. The lowest BCUT2D eigenvalue weighted by molar-refractivity contribution is -0.0494. The van der Waals surface area contributed by atoms with E-state index in [0.717, 1.165) is 6.61 Å². The van der Waals surface area contributed by atoms with Crippen molar-refractivity contribution >= 4 is 0 Å². The summed E-state index contributed by atoms with van der Waals surface area (Å²) in [5.41, 5.74) is 0.657. The SMILES string of the molecule is COCC12C[C](C1)C2. The van der Waals surface area contributed by atoms with E-state index in [2.05, 4.69) is 0 Å². The van der Waals surface area contributed by atoms with Gasteiger partial charge in [0.1, 0.15) is 0 Å². The highest BCUT2D eigenvalue weighted by atomic mass is 16.5. The zero-order valence-electron chi connectivity index (χ0n) is 5.24. The smallest absolute Gasteiger partial charge is 0.0519 e. The highest BCUT2D eigenvalue weighted by Crippen LogP contribution is 2.65. The number of ether oxygens (including phenoxy) is 1. The van der Waals surface area contributed by atoms with Crippen molar-refractivity contribution in [3.05, 3.63) is 5.92 Å². The van der Waals surface area contributed by atoms with Crippen LogP contribution < -0.4 is 0 Å². The molecule has 1 nitrogen and oxygen atoms in total. The molecule has 0 aromatic carbocycles. The fourth-order valence-electron chi connectivity index (χ4n) is 1.89. The molecule has 1 heteroatoms. The van der Waals surface area contributed by atoms with Gasteiger partial charge in [0, 0.05) is 7.11 Å². The first-order valence-corrected chi connectivity index (χ1v) is 3.17. The van der Waals surface area contributed by atoms with Crippen LogP contribution in [0.1, 0.15) is 19.3 Å². The first-order chi connectivity index (χ1) is 3.85. The van der Waals surface area contributed by atoms with Gasteiger partial charge in [-0.1, -0.05) is 0 Å². The zero-order chi connectivity index (χ0) is 5.61. The van der Waals surface area contributed by atoms with E-state index in [4.69, 9.17) is 4.74 Å². The maximum atomic E-state index is 5.07. The zero-order valence-corrected chi connectivity index (χ0v) is 5.24. The van der Waals surface area contributed by atoms with Crippen molar-refractivity contribution < 1.29 is 4.74 Å². The average Bonchev–Trinajstić information content (AvgIpc) is 1.50. The topological polar surface area (TPSA) is 9.23 Å². The molecule has 0 unspecified atom stereocenters. The van der Waals surface area contributed by atoms with Crippen molar-refractivity contribution in [3.8, 4) is 0 Å². The van der Waals surface area contributed by atoms with Crippen LogP contribution in [0, 0.1) is 11.3 Å². The Kier molecular flexibility index (Phi) is 0.762. The molecule has 0 aromatic heterocycles. The molecule has 3 aliphatic rings. The van der Waals surface area contributed by atoms with Gasteiger partial charge in [0.2, 0.25) is 0 Å². The van der Waals surface area contributed by atoms with Crippen LogP contribution in [0.4, 0.5) is 0 Å². The van der Waals surface area contributed by atoms with E-state index >= 15 is 0 Å². The van der Waals surface area contributed by atoms with Gasteiger partial charge in [0.05, 0.1) is 6.61 Å². The molecule has 2 bridgehead atoms. The van der Waals surface area contributed by atoms with Gasteiger partial charge < -0.3 is 4.74 Å². The van der Waals surface area contributed by atoms with Gasteiger partial charge in [-0.25, -0.2) is 0 Å². The van der Waals surface area contributed by atoms with E-state index in [9.17, 15) is 0 Å². The Labute approximate surface area is 50.0 Å². The number of hydrogen-bond donors (Lipinski definition) is 0. The maximum Gasteiger partial charge on any atom is 0.0519 e. The second-order valence-electron chi connectivity index (χ2n) is 3.21. The summed E-state index contributed by atoms with van der Waals surface area (Å²) in [7, 11) is 1.80. The van der Waals surface area contributed by atoms with Gasteiger partial charge >= 0.3 is 0 Å². The minimum absolute atomic E-state index is 0.657. The molecule has 3 saturated carbocycles. The molecule has 3 aliphatic carbocycles. The van der Waals surface area contributed by atoms with E-state index in [0.29, 0.717) is 5.41 Å². The molecular formula is C7H11O. The normalized spacial score (nSPS) is 31.1. The molecule has 0 aliphatic heterocycles. The summed E-state index contributed by atoms with van der Waals surface area (Å²) in [6.45, 7) is 0.997. The largest absolute Gasteiger partial charge is 0.384 e. The highest BCUT2D eigenvalue weighted by Gasteiger charge is 2.56. The summed E-state index contributed by atoms with van der Waals surface area (Å²) in [5, 5.41) is 0. The molecule has 0 amide bonds. The molecule has 0 saturated heterocycles. The minimum atomic E-state index is 0.657. The van der Waals surface area contributed by atoms with E-state index < -0.39 is 0 Å². The molecule has 3 rings (SSSR count). The van der Waals surface area contributed by atoms with E-state index in [1.807, 2.05) is 0 Å². The number of rotatable bonds is 2. The van der Waals surface area contributed by atoms with E-state index in [1.165, 1.54) is 19.3 Å². The van der Waals surface area contributed by atoms with Gasteiger partial charge in [-0.15, -0.1) is 0 Å². The molecule has 3 fully saturated rings. The Morgan fingerprint density at radius 3 is 2.25 bits per heavy atom. The maximum absolute atomic E-state index is 5.07. The molecule has 0 heterocycles. The van der Waals surface area contributed by atoms with Gasteiger partial charge in [0.15, 0.2) is 0 Å². The summed E-state index contributed by atoms with van der Waals surface area (Å²) in [6.07, 6.45) is 4.13. The van der Waals surface area contributed by atoms with Crippen LogP contribution in [0.15, 0.2) is 0 Å². The third-order valence-electron chi connectivity index (χ3n) is 2.33. The van der Waals surface area contributed by atoms with Crippen molar-refractivity contribution in [1.82, 2.24) is 0 Å². The Morgan fingerprint density at radius 2 is 2.12 bits per heavy atom. The standard InChI is InChI=1S/C7H11O/c1-8-5-7-2-6(3-7)4-7/h2-5H2,1H3. The van der Waals surface area contributed by atoms with Crippen molar-refractivity contribution in [2.45, 2.75) is 19.3 Å². The van der Waals surface area contributed by atoms with Crippen molar-refractivity contribution in [1.29, 1.82) is 0 Å². The summed E-state index contributed by atoms with van der Waals surface area (Å²) in [4.78, 5) is 0. The summed E-state index contributed by atoms with van der Waals surface area (Å²) in [6, 6.07) is 0. The Morgan fingerprint density at radius 1 is 1.50 bits per heavy atom. The second-order valence-corrected chi connectivity index (χ2v) is 3.21. The number of hydrogen-bond acceptors (Lipinski definition) is 1. The molecule has 1 radical (unpaired) electrons. The molecular weight excluding hydrogens is 100 g/mol. The lowest BCUT2D eigenvalue weighted by Crippen LogP contribution is -2.52. The summed E-state index contributed by atoms with van der Waals surface area (Å²) >= 11 is 0. The fourth-order valence-corrected chi connectivity index (χ4v) is 1.89. The van der Waals surface area contributed by atoms with Crippen LogP contribution in [-0.4, -0.2) is 13.7 Å². The molecule has 8 heavy (non-hydrogen) atoms. The lowest BCUT2D eigenvalue weighted by atomic mass is 9.45. The van der Waals surface area contributed by atoms with Crippen molar-refractivity contribution in [2.75, 3.05) is 13.7 Å². The predicted molar refractivity (Wildman–Crippen MR) is 31.4 cm³/mol. The first-order valence-electron chi connectivity index (χ1n) is 3.17. The van der Waals surface area contributed by atoms with Crippen molar-refractivity contribution in [3.63, 3.8) is 0 Å². The Bertz CT molecular complexity index is 91.9. The second kappa shape index (κ2) is 1.27. The van der Waals surface area contributed by atoms with Crippen LogP contribution >= 0.6 is 0 Å². The van der Waals surface area contributed by atoms with Gasteiger partial charge in [0.25, 0.3) is 0 Å². The van der Waals surface area contributed by atoms with E-state index in [1.54, 1.807) is 13.0 Å². The summed E-state index contributed by atoms with van der Waals surface area (Å²) in [5.74, 6) is 1.77.